The van der Waals surface area contributed by atoms with E-state index in [-0.39, 0.29) is 32.6 Å². The summed E-state index contributed by atoms with van der Waals surface area (Å²) < 4.78 is 32.6. The summed E-state index contributed by atoms with van der Waals surface area (Å²) in [6, 6.07) is 0. The van der Waals surface area contributed by atoms with Gasteiger partial charge in [-0.05, 0) is 64.2 Å². The van der Waals surface area contributed by atoms with E-state index in [2.05, 4.69) is 50.3 Å². The highest BCUT2D eigenvalue weighted by atomic mass is 31.2. The van der Waals surface area contributed by atoms with Crippen molar-refractivity contribution in [3.8, 4) is 0 Å². The number of esters is 2. The van der Waals surface area contributed by atoms with Gasteiger partial charge in [0.25, 0.3) is 0 Å². The molecule has 0 aromatic rings. The number of unbranched alkanes of at least 4 members (excludes halogenated alkanes) is 18. The molecule has 1 unspecified atom stereocenters. The molecule has 0 amide bonds. The minimum absolute atomic E-state index is 0.0484. The zero-order chi connectivity index (χ0) is 36.1. The Bertz CT molecular complexity index is 907. The van der Waals surface area contributed by atoms with Crippen LogP contribution in [0.5, 0.6) is 0 Å². The van der Waals surface area contributed by atoms with Crippen LogP contribution in [0.1, 0.15) is 168 Å². The first kappa shape index (κ1) is 47.2. The zero-order valence-electron chi connectivity index (χ0n) is 31.2. The first-order valence-electron chi connectivity index (χ1n) is 19.5. The molecule has 0 aromatic heterocycles. The number of rotatable bonds is 36. The third-order valence-electron chi connectivity index (χ3n) is 8.03. The van der Waals surface area contributed by atoms with Crippen LogP contribution in [0, 0.1) is 0 Å². The van der Waals surface area contributed by atoms with Crippen molar-refractivity contribution in [1.29, 1.82) is 0 Å². The largest absolute Gasteiger partial charge is 0.472 e. The molecule has 286 valence electrons. The quantitative estimate of drug-likeness (QED) is 0.0214. The summed E-state index contributed by atoms with van der Waals surface area (Å²) in [6.45, 7) is 3.65. The molecule has 0 fully saturated rings. The van der Waals surface area contributed by atoms with Gasteiger partial charge in [-0.15, -0.1) is 0 Å². The van der Waals surface area contributed by atoms with E-state index in [0.717, 1.165) is 64.2 Å². The molecule has 0 saturated heterocycles. The van der Waals surface area contributed by atoms with Gasteiger partial charge in [-0.25, -0.2) is 4.57 Å². The first-order chi connectivity index (χ1) is 23.8. The SMILES string of the molecule is CCCCCC/C=C/C=C/CCCCCCCC(=O)OC[C@H](COP(=O)(O)OCCN)OC(=O)CCCCC/C=C/CCCCCCCC. The number of ether oxygens (including phenoxy) is 2. The van der Waals surface area contributed by atoms with Crippen LogP contribution in [0.2, 0.25) is 0 Å². The lowest BCUT2D eigenvalue weighted by Crippen LogP contribution is -2.29. The lowest BCUT2D eigenvalue weighted by Gasteiger charge is -2.19. The Morgan fingerprint density at radius 2 is 1.06 bits per heavy atom. The van der Waals surface area contributed by atoms with Crippen molar-refractivity contribution in [2.24, 2.45) is 5.73 Å². The summed E-state index contributed by atoms with van der Waals surface area (Å²) in [7, 11) is -4.38. The highest BCUT2D eigenvalue weighted by Crippen LogP contribution is 2.43. The van der Waals surface area contributed by atoms with Gasteiger partial charge in [0.2, 0.25) is 0 Å². The van der Waals surface area contributed by atoms with Crippen LogP contribution in [0.4, 0.5) is 0 Å². The fraction of sp³-hybridized carbons (Fsp3) is 0.795. The van der Waals surface area contributed by atoms with Crippen LogP contribution in [-0.2, 0) is 32.7 Å². The third-order valence-corrected chi connectivity index (χ3v) is 9.01. The highest BCUT2D eigenvalue weighted by Gasteiger charge is 2.25. The molecule has 9 nitrogen and oxygen atoms in total. The van der Waals surface area contributed by atoms with E-state index in [9.17, 15) is 19.0 Å². The van der Waals surface area contributed by atoms with Gasteiger partial charge in [0, 0.05) is 19.4 Å². The van der Waals surface area contributed by atoms with Gasteiger partial charge >= 0.3 is 19.8 Å². The van der Waals surface area contributed by atoms with Gasteiger partial charge in [-0.1, -0.05) is 127 Å². The van der Waals surface area contributed by atoms with Crippen molar-refractivity contribution in [2.75, 3.05) is 26.4 Å². The maximum atomic E-state index is 12.5. The van der Waals surface area contributed by atoms with E-state index >= 15 is 0 Å². The molecule has 10 heteroatoms. The second kappa shape index (κ2) is 36.0. The Kier molecular flexibility index (Phi) is 34.7. The van der Waals surface area contributed by atoms with Crippen LogP contribution in [0.3, 0.4) is 0 Å². The molecule has 0 radical (unpaired) electrons. The number of phosphoric ester groups is 1. The second-order valence-corrected chi connectivity index (χ2v) is 14.3. The molecule has 2 atom stereocenters. The average molecular weight is 714 g/mol. The van der Waals surface area contributed by atoms with Crippen molar-refractivity contribution < 1.29 is 37.6 Å². The molecule has 49 heavy (non-hydrogen) atoms. The summed E-state index contributed by atoms with van der Waals surface area (Å²) >= 11 is 0. The number of hydrogen-bond donors (Lipinski definition) is 2. The summed E-state index contributed by atoms with van der Waals surface area (Å²) in [5.41, 5.74) is 5.33. The van der Waals surface area contributed by atoms with Crippen LogP contribution in [0.15, 0.2) is 36.5 Å². The minimum atomic E-state index is -4.38. The molecule has 0 bridgehead atoms. The van der Waals surface area contributed by atoms with Crippen LogP contribution in [0.25, 0.3) is 0 Å². The number of nitrogens with two attached hydrogens (primary N) is 1. The molecule has 0 aromatic carbocycles. The van der Waals surface area contributed by atoms with Crippen molar-refractivity contribution in [3.05, 3.63) is 36.5 Å². The standard InChI is InChI=1S/C39H72NO8P/c1-3-5-7-9-11-13-15-17-18-20-21-23-25-27-29-31-38(41)45-35-37(36-47-49(43,44)46-34-33-40)48-39(42)32-30-28-26-24-22-19-16-14-12-10-8-6-4-2/h13,15,17-19,22,37H,3-12,14,16,20-21,23-36,40H2,1-2H3,(H,43,44)/b15-13+,18-17+,22-19+/t37-/m1/s1. The molecular weight excluding hydrogens is 641 g/mol. The summed E-state index contributed by atoms with van der Waals surface area (Å²) in [6.07, 6.45) is 37.4. The smallest absolute Gasteiger partial charge is 0.462 e. The monoisotopic (exact) mass is 713 g/mol. The maximum absolute atomic E-state index is 12.5. The van der Waals surface area contributed by atoms with Crippen molar-refractivity contribution in [1.82, 2.24) is 0 Å². The van der Waals surface area contributed by atoms with Crippen LogP contribution in [-0.4, -0.2) is 49.3 Å². The fourth-order valence-electron chi connectivity index (χ4n) is 5.09. The molecule has 0 spiro atoms. The second-order valence-electron chi connectivity index (χ2n) is 12.8. The molecule has 0 heterocycles. The Labute approximate surface area is 299 Å². The summed E-state index contributed by atoms with van der Waals surface area (Å²) in [5.74, 6) is -0.867. The summed E-state index contributed by atoms with van der Waals surface area (Å²) in [4.78, 5) is 34.7. The molecule has 0 aliphatic rings. The van der Waals surface area contributed by atoms with Gasteiger partial charge in [0.1, 0.15) is 6.61 Å². The van der Waals surface area contributed by atoms with Gasteiger partial charge in [0.15, 0.2) is 6.10 Å². The lowest BCUT2D eigenvalue weighted by molar-refractivity contribution is -0.161. The van der Waals surface area contributed by atoms with Gasteiger partial charge in [0.05, 0.1) is 13.2 Å². The first-order valence-corrected chi connectivity index (χ1v) is 21.0. The number of carbonyl (C=O) groups is 2. The Hall–Kier alpha value is -1.77. The fourth-order valence-corrected chi connectivity index (χ4v) is 5.85. The Morgan fingerprint density at radius 3 is 1.61 bits per heavy atom. The Balaban J connectivity index is 4.27. The molecule has 0 saturated carbocycles. The van der Waals surface area contributed by atoms with Gasteiger partial charge in [-0.2, -0.15) is 0 Å². The minimum Gasteiger partial charge on any atom is -0.462 e. The number of phosphoric acid groups is 1. The third kappa shape index (κ3) is 35.8. The molecule has 0 aliphatic heterocycles. The topological polar surface area (TPSA) is 134 Å². The zero-order valence-corrected chi connectivity index (χ0v) is 32.1. The van der Waals surface area contributed by atoms with E-state index in [1.165, 1.54) is 64.2 Å². The van der Waals surface area contributed by atoms with E-state index in [1.807, 2.05) is 0 Å². The van der Waals surface area contributed by atoms with E-state index in [1.54, 1.807) is 0 Å². The molecule has 0 aliphatic carbocycles. The van der Waals surface area contributed by atoms with Crippen molar-refractivity contribution in [2.45, 2.75) is 174 Å². The number of carbonyl (C=O) groups excluding carboxylic acids is 2. The Morgan fingerprint density at radius 1 is 0.612 bits per heavy atom. The number of allylic oxidation sites excluding steroid dienone is 6. The van der Waals surface area contributed by atoms with Crippen LogP contribution < -0.4 is 5.73 Å². The maximum Gasteiger partial charge on any atom is 0.472 e. The molecule has 3 N–H and O–H groups in total. The van der Waals surface area contributed by atoms with Crippen molar-refractivity contribution in [3.63, 3.8) is 0 Å². The predicted octanol–water partition coefficient (Wildman–Crippen LogP) is 10.6. The highest BCUT2D eigenvalue weighted by molar-refractivity contribution is 7.47. The van der Waals surface area contributed by atoms with E-state index in [0.29, 0.717) is 12.8 Å². The molecule has 0 rings (SSSR count). The van der Waals surface area contributed by atoms with Crippen LogP contribution >= 0.6 is 7.82 Å². The predicted molar refractivity (Wildman–Crippen MR) is 201 cm³/mol. The van der Waals surface area contributed by atoms with E-state index in [4.69, 9.17) is 24.3 Å². The number of hydrogen-bond acceptors (Lipinski definition) is 8. The van der Waals surface area contributed by atoms with Crippen molar-refractivity contribution >= 4 is 19.8 Å². The normalized spacial score (nSPS) is 13.8. The average Bonchev–Trinajstić information content (AvgIpc) is 3.08. The lowest BCUT2D eigenvalue weighted by atomic mass is 10.1. The summed E-state index contributed by atoms with van der Waals surface area (Å²) in [5, 5.41) is 0. The van der Waals surface area contributed by atoms with Gasteiger partial charge in [-0.3, -0.25) is 18.6 Å². The van der Waals surface area contributed by atoms with E-state index < -0.39 is 32.5 Å². The molecular formula is C39H72NO8P. The van der Waals surface area contributed by atoms with Gasteiger partial charge < -0.3 is 20.1 Å².